The molecule has 1 heterocycles. The maximum Gasteiger partial charge on any atom is 0.246 e. The summed E-state index contributed by atoms with van der Waals surface area (Å²) in [5.74, 6) is 1.28. The maximum absolute atomic E-state index is 12.6. The first kappa shape index (κ1) is 19.6. The third kappa shape index (κ3) is 4.42. The topological polar surface area (TPSA) is 59.6 Å². The van der Waals surface area contributed by atoms with E-state index in [1.54, 1.807) is 25.1 Å². The Bertz CT molecular complexity index is 857. The lowest BCUT2D eigenvalue weighted by Crippen LogP contribution is -2.32. The van der Waals surface area contributed by atoms with Gasteiger partial charge in [-0.2, -0.15) is 0 Å². The first-order chi connectivity index (χ1) is 12.9. The van der Waals surface area contributed by atoms with Gasteiger partial charge in [0.15, 0.2) is 0 Å². The van der Waals surface area contributed by atoms with Crippen LogP contribution in [0.3, 0.4) is 0 Å². The summed E-state index contributed by atoms with van der Waals surface area (Å²) in [5, 5.41) is 6.69. The van der Waals surface area contributed by atoms with Gasteiger partial charge < -0.3 is 20.1 Å². The van der Waals surface area contributed by atoms with E-state index in [4.69, 9.17) is 32.7 Å². The van der Waals surface area contributed by atoms with E-state index in [1.807, 2.05) is 26.0 Å². The largest absolute Gasteiger partial charge is 0.492 e. The summed E-state index contributed by atoms with van der Waals surface area (Å²) in [4.78, 5) is 12.6. The van der Waals surface area contributed by atoms with Gasteiger partial charge in [-0.1, -0.05) is 29.3 Å². The number of fused-ring (bicyclic) bond motifs is 1. The van der Waals surface area contributed by atoms with Gasteiger partial charge in [-0.15, -0.1) is 0 Å². The summed E-state index contributed by atoms with van der Waals surface area (Å²) >= 11 is 12.1. The Labute approximate surface area is 168 Å². The molecule has 1 aliphatic heterocycles. The fraction of sp³-hybridized carbons (Fsp3) is 0.350. The molecule has 1 aliphatic rings. The molecule has 2 N–H and O–H groups in total. The number of ether oxygens (including phenoxy) is 2. The Morgan fingerprint density at radius 2 is 2.11 bits per heavy atom. The zero-order valence-electron chi connectivity index (χ0n) is 15.4. The van der Waals surface area contributed by atoms with E-state index >= 15 is 0 Å². The fourth-order valence-corrected chi connectivity index (χ4v) is 3.31. The van der Waals surface area contributed by atoms with Crippen molar-refractivity contribution in [3.8, 4) is 11.5 Å². The van der Waals surface area contributed by atoms with Crippen LogP contribution < -0.4 is 20.1 Å². The Morgan fingerprint density at radius 1 is 1.33 bits per heavy atom. The van der Waals surface area contributed by atoms with Crippen molar-refractivity contribution in [2.24, 2.45) is 0 Å². The van der Waals surface area contributed by atoms with E-state index in [9.17, 15) is 4.79 Å². The molecule has 2 aromatic carbocycles. The highest BCUT2D eigenvalue weighted by atomic mass is 35.5. The third-order valence-electron chi connectivity index (χ3n) is 4.27. The molecule has 0 unspecified atom stereocenters. The number of rotatable bonds is 6. The molecule has 7 heteroatoms. The van der Waals surface area contributed by atoms with Crippen molar-refractivity contribution >= 4 is 40.5 Å². The molecule has 5 nitrogen and oxygen atoms in total. The number of carbonyl (C=O) groups is 1. The van der Waals surface area contributed by atoms with E-state index in [0.29, 0.717) is 33.8 Å². The lowest BCUT2D eigenvalue weighted by atomic mass is 10.1. The third-order valence-corrected chi connectivity index (χ3v) is 5.09. The van der Waals surface area contributed by atoms with E-state index in [0.717, 1.165) is 17.7 Å². The quantitative estimate of drug-likeness (QED) is 0.693. The number of nitrogens with one attached hydrogen (secondary N) is 2. The lowest BCUT2D eigenvalue weighted by molar-refractivity contribution is -0.116. The van der Waals surface area contributed by atoms with Crippen molar-refractivity contribution in [2.75, 3.05) is 17.2 Å². The number of hydrogen-bond donors (Lipinski definition) is 2. The Morgan fingerprint density at radius 3 is 2.85 bits per heavy atom. The molecule has 0 aromatic heterocycles. The molecule has 2 atom stereocenters. The predicted molar refractivity (Wildman–Crippen MR) is 110 cm³/mol. The van der Waals surface area contributed by atoms with Crippen molar-refractivity contribution < 1.29 is 14.3 Å². The van der Waals surface area contributed by atoms with Gasteiger partial charge in [0, 0.05) is 18.1 Å². The number of anilines is 2. The van der Waals surface area contributed by atoms with Crippen LogP contribution in [-0.2, 0) is 11.2 Å². The number of benzene rings is 2. The van der Waals surface area contributed by atoms with Gasteiger partial charge in [0.1, 0.15) is 23.6 Å². The van der Waals surface area contributed by atoms with Crippen LogP contribution in [0, 0.1) is 0 Å². The van der Waals surface area contributed by atoms with Crippen LogP contribution in [-0.4, -0.2) is 24.7 Å². The van der Waals surface area contributed by atoms with Crippen molar-refractivity contribution in [1.29, 1.82) is 0 Å². The highest BCUT2D eigenvalue weighted by Crippen LogP contribution is 2.38. The molecule has 3 rings (SSSR count). The maximum atomic E-state index is 12.6. The second-order valence-corrected chi connectivity index (χ2v) is 7.26. The number of amides is 1. The Hall–Kier alpha value is -2.11. The SMILES string of the molecule is CCOc1cc2c(cc1N[C@H](C)C(=O)Nc1cccc(Cl)c1Cl)O[C@H](C)C2. The summed E-state index contributed by atoms with van der Waals surface area (Å²) in [7, 11) is 0. The predicted octanol–water partition coefficient (Wildman–Crippen LogP) is 5.15. The van der Waals surface area contributed by atoms with Crippen molar-refractivity contribution in [3.05, 3.63) is 45.9 Å². The lowest BCUT2D eigenvalue weighted by Gasteiger charge is -2.19. The number of halogens is 2. The first-order valence-corrected chi connectivity index (χ1v) is 9.62. The van der Waals surface area contributed by atoms with Gasteiger partial charge >= 0.3 is 0 Å². The summed E-state index contributed by atoms with van der Waals surface area (Å²) in [6.45, 7) is 6.24. The standard InChI is InChI=1S/C20H22Cl2N2O3/c1-4-26-18-9-13-8-11(2)27-17(13)10-16(18)23-12(3)20(25)24-15-7-5-6-14(21)19(15)22/h5-7,9-12,23H,4,8H2,1-3H3,(H,24,25)/t11-,12-/m1/s1. The van der Waals surface area contributed by atoms with E-state index < -0.39 is 6.04 Å². The molecule has 2 aromatic rings. The second-order valence-electron chi connectivity index (χ2n) is 6.48. The van der Waals surface area contributed by atoms with Gasteiger partial charge in [0.05, 0.1) is 28.0 Å². The molecule has 0 saturated heterocycles. The highest BCUT2D eigenvalue weighted by Gasteiger charge is 2.23. The van der Waals surface area contributed by atoms with E-state index in [-0.39, 0.29) is 12.0 Å². The summed E-state index contributed by atoms with van der Waals surface area (Å²) in [6, 6.07) is 8.43. The van der Waals surface area contributed by atoms with Gasteiger partial charge in [0.2, 0.25) is 5.91 Å². The molecule has 0 spiro atoms. The zero-order chi connectivity index (χ0) is 19.6. The van der Waals surface area contributed by atoms with Crippen LogP contribution in [0.4, 0.5) is 11.4 Å². The Kier molecular flexibility index (Phi) is 6.02. The van der Waals surface area contributed by atoms with E-state index in [1.165, 1.54) is 0 Å². The van der Waals surface area contributed by atoms with Crippen LogP contribution >= 0.6 is 23.2 Å². The molecule has 1 amide bonds. The van der Waals surface area contributed by atoms with Crippen LogP contribution in [0.1, 0.15) is 26.3 Å². The molecule has 27 heavy (non-hydrogen) atoms. The fourth-order valence-electron chi connectivity index (χ4n) is 2.97. The molecular formula is C20H22Cl2N2O3. The van der Waals surface area contributed by atoms with Gasteiger partial charge in [-0.05, 0) is 39.0 Å². The average Bonchev–Trinajstić information content (AvgIpc) is 2.98. The van der Waals surface area contributed by atoms with E-state index in [2.05, 4.69) is 10.6 Å². The molecule has 0 radical (unpaired) electrons. The smallest absolute Gasteiger partial charge is 0.246 e. The summed E-state index contributed by atoms with van der Waals surface area (Å²) < 4.78 is 11.6. The summed E-state index contributed by atoms with van der Waals surface area (Å²) in [6.07, 6.45) is 0.981. The molecule has 0 aliphatic carbocycles. The molecule has 0 bridgehead atoms. The second kappa shape index (κ2) is 8.28. The average molecular weight is 409 g/mol. The molecule has 0 saturated carbocycles. The van der Waals surface area contributed by atoms with Gasteiger partial charge in [-0.25, -0.2) is 0 Å². The zero-order valence-corrected chi connectivity index (χ0v) is 16.9. The molecule has 144 valence electrons. The van der Waals surface area contributed by atoms with Crippen LogP contribution in [0.2, 0.25) is 10.0 Å². The number of hydrogen-bond acceptors (Lipinski definition) is 4. The van der Waals surface area contributed by atoms with Crippen molar-refractivity contribution in [3.63, 3.8) is 0 Å². The minimum absolute atomic E-state index is 0.135. The molecular weight excluding hydrogens is 387 g/mol. The van der Waals surface area contributed by atoms with Crippen molar-refractivity contribution in [2.45, 2.75) is 39.3 Å². The van der Waals surface area contributed by atoms with Gasteiger partial charge in [-0.3, -0.25) is 4.79 Å². The van der Waals surface area contributed by atoms with Crippen LogP contribution in [0.15, 0.2) is 30.3 Å². The van der Waals surface area contributed by atoms with Gasteiger partial charge in [0.25, 0.3) is 0 Å². The van der Waals surface area contributed by atoms with Crippen molar-refractivity contribution in [1.82, 2.24) is 0 Å². The molecule has 0 fully saturated rings. The minimum Gasteiger partial charge on any atom is -0.492 e. The Balaban J connectivity index is 1.76. The summed E-state index contributed by atoms with van der Waals surface area (Å²) in [5.41, 5.74) is 2.29. The van der Waals surface area contributed by atoms with Crippen LogP contribution in [0.25, 0.3) is 0 Å². The first-order valence-electron chi connectivity index (χ1n) is 8.86. The minimum atomic E-state index is -0.531. The monoisotopic (exact) mass is 408 g/mol. The normalized spacial score (nSPS) is 16.3. The number of carbonyl (C=O) groups excluding carboxylic acids is 1. The highest BCUT2D eigenvalue weighted by molar-refractivity contribution is 6.44. The van der Waals surface area contributed by atoms with Crippen LogP contribution in [0.5, 0.6) is 11.5 Å².